The van der Waals surface area contributed by atoms with Gasteiger partial charge in [-0.2, -0.15) is 5.10 Å². The van der Waals surface area contributed by atoms with Crippen LogP contribution in [0, 0.1) is 0 Å². The lowest BCUT2D eigenvalue weighted by Crippen LogP contribution is -2.13. The molecule has 4 nitrogen and oxygen atoms in total. The third-order valence-electron chi connectivity index (χ3n) is 4.30. The first kappa shape index (κ1) is 17.4. The van der Waals surface area contributed by atoms with Gasteiger partial charge in [-0.25, -0.2) is 0 Å². The summed E-state index contributed by atoms with van der Waals surface area (Å²) >= 11 is 3.42. The van der Waals surface area contributed by atoms with Gasteiger partial charge in [0.05, 0.1) is 11.9 Å². The van der Waals surface area contributed by atoms with Gasteiger partial charge >= 0.3 is 0 Å². The van der Waals surface area contributed by atoms with Crippen molar-refractivity contribution in [2.24, 2.45) is 10.2 Å². The van der Waals surface area contributed by atoms with E-state index in [1.54, 1.807) is 6.21 Å². The summed E-state index contributed by atoms with van der Waals surface area (Å²) in [6, 6.07) is 24.1. The minimum Gasteiger partial charge on any atom is -0.320 e. The lowest BCUT2D eigenvalue weighted by atomic mass is 10.0. The van der Waals surface area contributed by atoms with Crippen LogP contribution in [0.3, 0.4) is 0 Å². The van der Waals surface area contributed by atoms with Crippen LogP contribution in [0.4, 0.5) is 5.69 Å². The van der Waals surface area contributed by atoms with E-state index in [2.05, 4.69) is 55.7 Å². The molecule has 1 aliphatic heterocycles. The number of carbonyl (C=O) groups is 1. The topological polar surface area (TPSA) is 53.8 Å². The third kappa shape index (κ3) is 4.04. The van der Waals surface area contributed by atoms with Crippen LogP contribution in [-0.2, 0) is 11.2 Å². The molecule has 5 heteroatoms. The standard InChI is InChI=1S/C22H16BrN3O/c23-18-10-11-20-19(13-18)21(22(27)25-20)26-24-14-17-8-6-16(7-9-17)12-15-4-2-1-3-5-15/h1-11,13-14H,12H2,(H,25,26,27). The molecule has 0 saturated heterocycles. The number of carbonyl (C=O) groups excluding carboxylic acids is 1. The Balaban J connectivity index is 1.48. The van der Waals surface area contributed by atoms with Gasteiger partial charge in [-0.3, -0.25) is 4.79 Å². The molecule has 0 aliphatic carbocycles. The summed E-state index contributed by atoms with van der Waals surface area (Å²) < 4.78 is 0.892. The maximum Gasteiger partial charge on any atom is 0.276 e. The number of nitrogens with one attached hydrogen (secondary N) is 1. The molecule has 0 atom stereocenters. The minimum atomic E-state index is -0.238. The molecule has 1 amide bonds. The van der Waals surface area contributed by atoms with E-state index in [4.69, 9.17) is 0 Å². The van der Waals surface area contributed by atoms with Crippen LogP contribution in [-0.4, -0.2) is 17.8 Å². The number of anilines is 1. The fourth-order valence-corrected chi connectivity index (χ4v) is 3.29. The van der Waals surface area contributed by atoms with Gasteiger partial charge in [0, 0.05) is 10.0 Å². The Morgan fingerprint density at radius 2 is 1.67 bits per heavy atom. The molecule has 1 heterocycles. The summed E-state index contributed by atoms with van der Waals surface area (Å²) in [6.07, 6.45) is 2.55. The van der Waals surface area contributed by atoms with Crippen molar-refractivity contribution >= 4 is 39.5 Å². The Bertz CT molecular complexity index is 1040. The molecule has 27 heavy (non-hydrogen) atoms. The molecular weight excluding hydrogens is 402 g/mol. The number of benzene rings is 3. The quantitative estimate of drug-likeness (QED) is 0.480. The highest BCUT2D eigenvalue weighted by Crippen LogP contribution is 2.26. The molecule has 132 valence electrons. The van der Waals surface area contributed by atoms with Crippen LogP contribution in [0.2, 0.25) is 0 Å². The van der Waals surface area contributed by atoms with Gasteiger partial charge < -0.3 is 5.32 Å². The normalized spacial score (nSPS) is 14.6. The fourth-order valence-electron chi connectivity index (χ4n) is 2.93. The van der Waals surface area contributed by atoms with Crippen molar-refractivity contribution in [3.63, 3.8) is 0 Å². The number of nitrogens with zero attached hydrogens (tertiary/aromatic N) is 2. The van der Waals surface area contributed by atoms with E-state index < -0.39 is 0 Å². The number of hydrogen-bond acceptors (Lipinski definition) is 3. The average Bonchev–Trinajstić information content (AvgIpc) is 2.99. The maximum absolute atomic E-state index is 12.1. The van der Waals surface area contributed by atoms with Gasteiger partial charge in [0.25, 0.3) is 5.91 Å². The van der Waals surface area contributed by atoms with Crippen molar-refractivity contribution < 1.29 is 4.79 Å². The van der Waals surface area contributed by atoms with Gasteiger partial charge in [-0.05, 0) is 41.3 Å². The largest absolute Gasteiger partial charge is 0.320 e. The summed E-state index contributed by atoms with van der Waals surface area (Å²) in [5.74, 6) is -0.238. The number of halogens is 1. The minimum absolute atomic E-state index is 0.238. The summed E-state index contributed by atoms with van der Waals surface area (Å²) in [7, 11) is 0. The first-order chi connectivity index (χ1) is 13.2. The van der Waals surface area contributed by atoms with E-state index in [0.29, 0.717) is 5.71 Å². The SMILES string of the molecule is O=C1Nc2ccc(Br)cc2/C1=N/N=Cc1ccc(Cc2ccccc2)cc1. The van der Waals surface area contributed by atoms with Crippen molar-refractivity contribution in [2.75, 3.05) is 5.32 Å². The molecule has 0 spiro atoms. The maximum atomic E-state index is 12.1. The van der Waals surface area contributed by atoms with E-state index in [-0.39, 0.29) is 5.91 Å². The zero-order valence-corrected chi connectivity index (χ0v) is 16.0. The van der Waals surface area contributed by atoms with Crippen molar-refractivity contribution in [3.05, 3.63) is 99.5 Å². The monoisotopic (exact) mass is 417 g/mol. The third-order valence-corrected chi connectivity index (χ3v) is 4.79. The van der Waals surface area contributed by atoms with Crippen molar-refractivity contribution in [2.45, 2.75) is 6.42 Å². The first-order valence-corrected chi connectivity index (χ1v) is 9.33. The molecule has 0 radical (unpaired) electrons. The Hall–Kier alpha value is -3.05. The second-order valence-corrected chi connectivity index (χ2v) is 7.16. The number of amides is 1. The summed E-state index contributed by atoms with van der Waals surface area (Å²) in [5.41, 5.74) is 5.28. The van der Waals surface area contributed by atoms with Gasteiger partial charge in [0.2, 0.25) is 0 Å². The zero-order chi connectivity index (χ0) is 18.6. The van der Waals surface area contributed by atoms with Gasteiger partial charge in [-0.15, -0.1) is 5.10 Å². The molecule has 3 aromatic rings. The van der Waals surface area contributed by atoms with Crippen molar-refractivity contribution in [3.8, 4) is 0 Å². The van der Waals surface area contributed by atoms with E-state index in [9.17, 15) is 4.79 Å². The van der Waals surface area contributed by atoms with Crippen molar-refractivity contribution in [1.29, 1.82) is 0 Å². The highest BCUT2D eigenvalue weighted by molar-refractivity contribution is 9.10. The molecule has 1 N–H and O–H groups in total. The first-order valence-electron chi connectivity index (χ1n) is 8.54. The summed E-state index contributed by atoms with van der Waals surface area (Å²) in [4.78, 5) is 12.1. The Labute approximate surface area is 165 Å². The Kier molecular flexibility index (Phi) is 4.94. The molecule has 0 saturated carbocycles. The molecule has 0 aromatic heterocycles. The number of fused-ring (bicyclic) bond motifs is 1. The van der Waals surface area contributed by atoms with Gasteiger partial charge in [0.15, 0.2) is 5.71 Å². The molecule has 0 bridgehead atoms. The number of hydrogen-bond donors (Lipinski definition) is 1. The lowest BCUT2D eigenvalue weighted by molar-refractivity contribution is -0.110. The molecule has 1 aliphatic rings. The van der Waals surface area contributed by atoms with Gasteiger partial charge in [0.1, 0.15) is 0 Å². The van der Waals surface area contributed by atoms with Crippen LogP contribution in [0.25, 0.3) is 0 Å². The molecule has 3 aromatic carbocycles. The van der Waals surface area contributed by atoms with Crippen LogP contribution in [0.15, 0.2) is 87.5 Å². The highest BCUT2D eigenvalue weighted by Gasteiger charge is 2.26. The van der Waals surface area contributed by atoms with Crippen LogP contribution in [0.5, 0.6) is 0 Å². The van der Waals surface area contributed by atoms with E-state index >= 15 is 0 Å². The van der Waals surface area contributed by atoms with Gasteiger partial charge in [-0.1, -0.05) is 70.5 Å². The molecule has 0 fully saturated rings. The van der Waals surface area contributed by atoms with E-state index in [0.717, 1.165) is 27.7 Å². The summed E-state index contributed by atoms with van der Waals surface area (Å²) in [6.45, 7) is 0. The smallest absolute Gasteiger partial charge is 0.276 e. The summed E-state index contributed by atoms with van der Waals surface area (Å²) in [5, 5.41) is 11.0. The second kappa shape index (κ2) is 7.68. The Morgan fingerprint density at radius 3 is 2.44 bits per heavy atom. The lowest BCUT2D eigenvalue weighted by Gasteiger charge is -2.02. The predicted octanol–water partition coefficient (Wildman–Crippen LogP) is 4.82. The number of rotatable bonds is 4. The molecule has 0 unspecified atom stereocenters. The van der Waals surface area contributed by atoms with E-state index in [1.807, 2.05) is 48.5 Å². The van der Waals surface area contributed by atoms with Crippen LogP contribution >= 0.6 is 15.9 Å². The Morgan fingerprint density at radius 1 is 0.926 bits per heavy atom. The predicted molar refractivity (Wildman–Crippen MR) is 113 cm³/mol. The van der Waals surface area contributed by atoms with E-state index in [1.165, 1.54) is 11.1 Å². The zero-order valence-electron chi connectivity index (χ0n) is 14.4. The van der Waals surface area contributed by atoms with Crippen molar-refractivity contribution in [1.82, 2.24) is 0 Å². The second-order valence-electron chi connectivity index (χ2n) is 6.24. The fraction of sp³-hybridized carbons (Fsp3) is 0.0455. The highest BCUT2D eigenvalue weighted by atomic mass is 79.9. The van der Waals surface area contributed by atoms with Crippen LogP contribution < -0.4 is 5.32 Å². The average molecular weight is 418 g/mol. The van der Waals surface area contributed by atoms with Crippen LogP contribution in [0.1, 0.15) is 22.3 Å². The molecular formula is C22H16BrN3O. The molecule has 4 rings (SSSR count).